The molecule has 0 aromatic rings. The van der Waals surface area contributed by atoms with Crippen LogP contribution in [0.4, 0.5) is 0 Å². The molecular weight excluding hydrogens is 725 g/mol. The summed E-state index contributed by atoms with van der Waals surface area (Å²) in [7, 11) is 1.25. The zero-order valence-corrected chi connectivity index (χ0v) is 37.3. The van der Waals surface area contributed by atoms with Crippen LogP contribution < -0.4 is 4.89 Å². The van der Waals surface area contributed by atoms with Gasteiger partial charge in [-0.2, -0.15) is 0 Å². The zero-order valence-electron chi connectivity index (χ0n) is 36.4. The van der Waals surface area contributed by atoms with E-state index >= 15 is 0 Å². The number of unbranched alkanes of at least 4 members (excludes halogenated alkanes) is 18. The first-order chi connectivity index (χ1) is 27.0. The maximum absolute atomic E-state index is 12.6. The molecule has 0 amide bonds. The number of aliphatic hydroxyl groups excluding tert-OH is 1. The van der Waals surface area contributed by atoms with E-state index in [1.807, 2.05) is 63.7 Å². The van der Waals surface area contributed by atoms with E-state index in [1.54, 1.807) is 12.3 Å². The molecule has 0 saturated carbocycles. The third kappa shape index (κ3) is 41.6. The molecule has 0 saturated heterocycles. The van der Waals surface area contributed by atoms with Crippen molar-refractivity contribution in [3.63, 3.8) is 0 Å². The molecule has 326 valence electrons. The summed E-state index contributed by atoms with van der Waals surface area (Å²) < 4.78 is 34.2. The lowest BCUT2D eigenvalue weighted by molar-refractivity contribution is -0.870. The molecule has 0 aliphatic carbocycles. The first-order valence-electron chi connectivity index (χ1n) is 22.2. The summed E-state index contributed by atoms with van der Waals surface area (Å²) in [6.07, 6.45) is 45.0. The van der Waals surface area contributed by atoms with E-state index in [9.17, 15) is 19.4 Å². The molecule has 0 bridgehead atoms. The third-order valence-electron chi connectivity index (χ3n) is 9.22. The minimum absolute atomic E-state index is 0.00646. The molecule has 0 fully saturated rings. The van der Waals surface area contributed by atoms with E-state index in [0.29, 0.717) is 30.3 Å². The predicted molar refractivity (Wildman–Crippen MR) is 232 cm³/mol. The number of aliphatic hydroxyl groups is 1. The number of esters is 1. The molecule has 0 aliphatic heterocycles. The van der Waals surface area contributed by atoms with Gasteiger partial charge >= 0.3 is 5.97 Å². The Bertz CT molecular complexity index is 1100. The monoisotopic (exact) mass is 810 g/mol. The van der Waals surface area contributed by atoms with Crippen LogP contribution in [0.5, 0.6) is 0 Å². The maximum atomic E-state index is 12.6. The topological polar surface area (TPSA) is 114 Å². The Kier molecular flexibility index (Phi) is 37.1. The number of hydrogen-bond acceptors (Lipinski definition) is 8. The van der Waals surface area contributed by atoms with Crippen molar-refractivity contribution in [1.29, 1.82) is 0 Å². The molecule has 1 unspecified atom stereocenters. The normalized spacial score (nSPS) is 14.8. The second kappa shape index (κ2) is 38.5. The van der Waals surface area contributed by atoms with Crippen molar-refractivity contribution >= 4 is 13.8 Å². The highest BCUT2D eigenvalue weighted by Crippen LogP contribution is 2.38. The fourth-order valence-electron chi connectivity index (χ4n) is 5.71. The molecule has 0 aromatic heterocycles. The standard InChI is InChI=1S/C46H84NO8P/c1-6-8-10-12-14-15-16-17-18-19-20-21-24-27-31-35-40-52-42-45(43-54-56(50,51)53-41-39-47(3,4)5)55-46(49)38-34-30-26-23-22-25-29-33-37-44(48)36-32-28-13-11-9-7-2/h23,25-26,28-29,32-33,35,37,40,44-45,48H,6-22,24,27,30-31,34,36,38-39,41-43H2,1-5H3/b26-23-,29-25-,32-28-,37-33+,40-35+/t44-,45+/m0/s1. The number of ether oxygens (including phenoxy) is 2. The Morgan fingerprint density at radius 2 is 1.23 bits per heavy atom. The summed E-state index contributed by atoms with van der Waals surface area (Å²) in [5, 5.41) is 10.0. The molecular formula is C46H84NO8P. The quantitative estimate of drug-likeness (QED) is 0.0124. The fraction of sp³-hybridized carbons (Fsp3) is 0.761. The molecule has 0 aromatic carbocycles. The summed E-state index contributed by atoms with van der Waals surface area (Å²) in [5.74, 6) is -0.437. The van der Waals surface area contributed by atoms with Crippen molar-refractivity contribution in [2.45, 2.75) is 180 Å². The SMILES string of the molecule is CCCCC/C=C\C[C@H](O)/C=C/C=C\C/C=C\CCCC(=O)O[C@H](CO/C=C/CCCCCCCCCCCCCCCC)COP(=O)([O-])OCC[N+](C)(C)C. The Morgan fingerprint density at radius 3 is 1.88 bits per heavy atom. The molecule has 0 spiro atoms. The van der Waals surface area contributed by atoms with Gasteiger partial charge in [0.05, 0.1) is 40.1 Å². The van der Waals surface area contributed by atoms with Crippen LogP contribution >= 0.6 is 7.82 Å². The second-order valence-electron chi connectivity index (χ2n) is 16.0. The second-order valence-corrected chi connectivity index (χ2v) is 17.4. The van der Waals surface area contributed by atoms with Crippen molar-refractivity contribution in [2.75, 3.05) is 47.5 Å². The largest absolute Gasteiger partial charge is 0.756 e. The van der Waals surface area contributed by atoms with E-state index in [-0.39, 0.29) is 26.2 Å². The highest BCUT2D eigenvalue weighted by atomic mass is 31.2. The summed E-state index contributed by atoms with van der Waals surface area (Å²) >= 11 is 0. The van der Waals surface area contributed by atoms with Crippen LogP contribution in [-0.4, -0.2) is 75.3 Å². The number of carbonyl (C=O) groups excluding carboxylic acids is 1. The van der Waals surface area contributed by atoms with Gasteiger partial charge in [0.15, 0.2) is 6.10 Å². The first kappa shape index (κ1) is 54.0. The lowest BCUT2D eigenvalue weighted by Gasteiger charge is -2.28. The Balaban J connectivity index is 4.46. The highest BCUT2D eigenvalue weighted by molar-refractivity contribution is 7.45. The third-order valence-corrected chi connectivity index (χ3v) is 10.2. The summed E-state index contributed by atoms with van der Waals surface area (Å²) in [6.45, 7) is 4.54. The van der Waals surface area contributed by atoms with Gasteiger partial charge in [0.1, 0.15) is 19.8 Å². The van der Waals surface area contributed by atoms with Crippen LogP contribution in [0.2, 0.25) is 0 Å². The van der Waals surface area contributed by atoms with Crippen LogP contribution in [0.25, 0.3) is 0 Å². The van der Waals surface area contributed by atoms with Crippen LogP contribution in [0.3, 0.4) is 0 Å². The van der Waals surface area contributed by atoms with Gasteiger partial charge in [-0.3, -0.25) is 9.36 Å². The minimum Gasteiger partial charge on any atom is -0.756 e. The number of phosphoric ester groups is 1. The van der Waals surface area contributed by atoms with Crippen molar-refractivity contribution in [2.24, 2.45) is 0 Å². The summed E-state index contributed by atoms with van der Waals surface area (Å²) in [6, 6.07) is 0. The van der Waals surface area contributed by atoms with Crippen LogP contribution in [-0.2, 0) is 27.9 Å². The van der Waals surface area contributed by atoms with E-state index < -0.39 is 26.0 Å². The highest BCUT2D eigenvalue weighted by Gasteiger charge is 2.20. The lowest BCUT2D eigenvalue weighted by atomic mass is 10.0. The van der Waals surface area contributed by atoms with E-state index in [1.165, 1.54) is 103 Å². The van der Waals surface area contributed by atoms with Gasteiger partial charge in [0, 0.05) is 6.42 Å². The van der Waals surface area contributed by atoms with E-state index in [2.05, 4.69) is 19.9 Å². The van der Waals surface area contributed by atoms with Crippen LogP contribution in [0, 0.1) is 0 Å². The number of nitrogens with zero attached hydrogens (tertiary/aromatic N) is 1. The van der Waals surface area contributed by atoms with Gasteiger partial charge in [-0.25, -0.2) is 0 Å². The number of rotatable bonds is 40. The number of quaternary nitrogens is 1. The average Bonchev–Trinajstić information content (AvgIpc) is 3.14. The molecule has 1 N–H and O–H groups in total. The predicted octanol–water partition coefficient (Wildman–Crippen LogP) is 11.6. The van der Waals surface area contributed by atoms with Crippen molar-refractivity contribution in [1.82, 2.24) is 0 Å². The number of hydrogen-bond donors (Lipinski definition) is 1. The zero-order chi connectivity index (χ0) is 41.4. The smallest absolute Gasteiger partial charge is 0.306 e. The number of likely N-dealkylation sites (N-methyl/N-ethyl adjacent to an activating group) is 1. The molecule has 9 nitrogen and oxygen atoms in total. The number of phosphoric acid groups is 1. The molecule has 0 aliphatic rings. The average molecular weight is 810 g/mol. The van der Waals surface area contributed by atoms with Gasteiger partial charge < -0.3 is 33.0 Å². The van der Waals surface area contributed by atoms with Crippen LogP contribution in [0.1, 0.15) is 168 Å². The Morgan fingerprint density at radius 1 is 0.679 bits per heavy atom. The number of allylic oxidation sites excluding steroid dienone is 7. The van der Waals surface area contributed by atoms with Crippen molar-refractivity contribution in [3.05, 3.63) is 60.9 Å². The van der Waals surface area contributed by atoms with Gasteiger partial charge in [0.2, 0.25) is 0 Å². The van der Waals surface area contributed by atoms with Gasteiger partial charge in [-0.15, -0.1) is 0 Å². The molecule has 0 heterocycles. The molecule has 0 radical (unpaired) electrons. The molecule has 0 rings (SSSR count). The minimum atomic E-state index is -4.57. The van der Waals surface area contributed by atoms with E-state index in [0.717, 1.165) is 25.7 Å². The van der Waals surface area contributed by atoms with Gasteiger partial charge in [-0.05, 0) is 57.4 Å². The Hall–Kier alpha value is -2.00. The maximum Gasteiger partial charge on any atom is 0.306 e. The van der Waals surface area contributed by atoms with Gasteiger partial charge in [0.25, 0.3) is 7.82 Å². The fourth-order valence-corrected chi connectivity index (χ4v) is 6.43. The van der Waals surface area contributed by atoms with E-state index in [4.69, 9.17) is 18.5 Å². The lowest BCUT2D eigenvalue weighted by Crippen LogP contribution is -2.37. The first-order valence-corrected chi connectivity index (χ1v) is 23.6. The van der Waals surface area contributed by atoms with Gasteiger partial charge in [-0.1, -0.05) is 159 Å². The summed E-state index contributed by atoms with van der Waals surface area (Å²) in [5.41, 5.74) is 0. The van der Waals surface area contributed by atoms with Crippen molar-refractivity contribution in [3.8, 4) is 0 Å². The Labute approximate surface area is 343 Å². The molecule has 3 atom stereocenters. The molecule has 10 heteroatoms. The van der Waals surface area contributed by atoms with Crippen molar-refractivity contribution < 1.29 is 42.4 Å². The number of carbonyl (C=O) groups is 1. The van der Waals surface area contributed by atoms with Crippen LogP contribution in [0.15, 0.2) is 60.9 Å². The molecule has 56 heavy (non-hydrogen) atoms. The summed E-state index contributed by atoms with van der Waals surface area (Å²) in [4.78, 5) is 25.0.